The van der Waals surface area contributed by atoms with Gasteiger partial charge in [-0.15, -0.1) is 0 Å². The number of carbonyl (C=O) groups is 1. The number of para-hydroxylation sites is 1. The van der Waals surface area contributed by atoms with Gasteiger partial charge in [0.25, 0.3) is 5.24 Å². The molecule has 0 unspecified atom stereocenters. The van der Waals surface area contributed by atoms with Crippen molar-refractivity contribution in [1.29, 1.82) is 0 Å². The predicted molar refractivity (Wildman–Crippen MR) is 36.7 cm³/mol. The molecule has 50 valence electrons. The fourth-order valence-electron chi connectivity index (χ4n) is 0.844. The van der Waals surface area contributed by atoms with Crippen LogP contribution in [0.25, 0.3) is 0 Å². The number of benzene rings is 1. The summed E-state index contributed by atoms with van der Waals surface area (Å²) in [6, 6.07) is 5.17. The zero-order valence-corrected chi connectivity index (χ0v) is 5.68. The van der Waals surface area contributed by atoms with Crippen molar-refractivity contribution in [2.75, 3.05) is 0 Å². The Morgan fingerprint density at radius 2 is 2.30 bits per heavy atom. The lowest BCUT2D eigenvalue weighted by Crippen LogP contribution is -1.82. The second kappa shape index (κ2) is 1.73. The largest absolute Gasteiger partial charge is 0.449 e. The van der Waals surface area contributed by atoms with Crippen molar-refractivity contribution in [3.63, 3.8) is 0 Å². The summed E-state index contributed by atoms with van der Waals surface area (Å²) in [7, 11) is 0. The molecule has 0 atom stereocenters. The van der Waals surface area contributed by atoms with Gasteiger partial charge < -0.3 is 4.74 Å². The summed E-state index contributed by atoms with van der Waals surface area (Å²) in [6.45, 7) is 0. The maximum Gasteiger partial charge on any atom is 0.256 e. The van der Waals surface area contributed by atoms with E-state index in [1.165, 1.54) is 0 Å². The highest BCUT2D eigenvalue weighted by Gasteiger charge is 2.26. The predicted octanol–water partition coefficient (Wildman–Crippen LogP) is 2.17. The molecule has 10 heavy (non-hydrogen) atoms. The third-order valence-corrected chi connectivity index (χ3v) is 1.56. The second-order valence-electron chi connectivity index (χ2n) is 2.01. The van der Waals surface area contributed by atoms with Crippen LogP contribution in [0.2, 0.25) is 0 Å². The van der Waals surface area contributed by atoms with Crippen LogP contribution in [-0.2, 0) is 0 Å². The minimum atomic E-state index is -0.464. The summed E-state index contributed by atoms with van der Waals surface area (Å²) in [4.78, 5) is 10.6. The molecular weight excluding hydrogens is 152 g/mol. The Labute approximate surface area is 62.4 Å². The minimum Gasteiger partial charge on any atom is -0.449 e. The number of carbonyl (C=O) groups excluding carboxylic acids is 1. The first-order chi connectivity index (χ1) is 4.79. The van der Waals surface area contributed by atoms with Gasteiger partial charge in [0.05, 0.1) is 5.56 Å². The highest BCUT2D eigenvalue weighted by molar-refractivity contribution is 6.68. The Bertz CT molecular complexity index is 306. The van der Waals surface area contributed by atoms with Gasteiger partial charge in [0.2, 0.25) is 0 Å². The summed E-state index contributed by atoms with van der Waals surface area (Å²) in [5.41, 5.74) is 0.458. The third kappa shape index (κ3) is 0.693. The van der Waals surface area contributed by atoms with E-state index in [0.717, 1.165) is 5.75 Å². The van der Waals surface area contributed by atoms with Gasteiger partial charge in [0, 0.05) is 0 Å². The minimum absolute atomic E-state index is 0.458. The van der Waals surface area contributed by atoms with E-state index in [9.17, 15) is 4.79 Å². The summed E-state index contributed by atoms with van der Waals surface area (Å²) in [5, 5.41) is -0.464. The van der Waals surface area contributed by atoms with Crippen molar-refractivity contribution in [3.05, 3.63) is 23.8 Å². The average molecular weight is 155 g/mol. The van der Waals surface area contributed by atoms with Crippen molar-refractivity contribution in [3.8, 4) is 11.5 Å². The molecule has 1 aliphatic heterocycles. The van der Waals surface area contributed by atoms with E-state index < -0.39 is 5.24 Å². The standard InChI is InChI=1S/C7H3ClO2/c8-7(9)4-2-1-3-5-6(4)10-5/h1-3H. The van der Waals surface area contributed by atoms with E-state index >= 15 is 0 Å². The van der Waals surface area contributed by atoms with Gasteiger partial charge in [-0.1, -0.05) is 6.07 Å². The molecule has 0 fully saturated rings. The molecule has 2 rings (SSSR count). The lowest BCUT2D eigenvalue weighted by atomic mass is 10.2. The summed E-state index contributed by atoms with van der Waals surface area (Å²) >= 11 is 5.22. The fraction of sp³-hybridized carbons (Fsp3) is 0. The normalized spacial score (nSPS) is 11.7. The van der Waals surface area contributed by atoms with Crippen molar-refractivity contribution < 1.29 is 9.53 Å². The van der Waals surface area contributed by atoms with Crippen LogP contribution in [0.4, 0.5) is 0 Å². The Morgan fingerprint density at radius 1 is 1.50 bits per heavy atom. The monoisotopic (exact) mass is 154 g/mol. The SMILES string of the molecule is O=C(Cl)c1cccc2c1O2. The van der Waals surface area contributed by atoms with Crippen LogP contribution in [0, 0.1) is 0 Å². The van der Waals surface area contributed by atoms with E-state index in [4.69, 9.17) is 16.3 Å². The topological polar surface area (TPSA) is 29.6 Å². The van der Waals surface area contributed by atoms with Crippen LogP contribution in [0.1, 0.15) is 10.4 Å². The molecule has 0 bridgehead atoms. The Morgan fingerprint density at radius 3 is 2.90 bits per heavy atom. The maximum atomic E-state index is 10.6. The Hall–Kier alpha value is -1.02. The van der Waals surface area contributed by atoms with Gasteiger partial charge in [-0.05, 0) is 23.7 Å². The van der Waals surface area contributed by atoms with Crippen LogP contribution in [-0.4, -0.2) is 5.24 Å². The van der Waals surface area contributed by atoms with Gasteiger partial charge in [-0.3, -0.25) is 4.79 Å². The lowest BCUT2D eigenvalue weighted by molar-refractivity contribution is 0.108. The highest BCUT2D eigenvalue weighted by atomic mass is 35.5. The lowest BCUT2D eigenvalue weighted by Gasteiger charge is -1.83. The molecule has 0 radical (unpaired) electrons. The van der Waals surface area contributed by atoms with Crippen LogP contribution in [0.15, 0.2) is 18.2 Å². The van der Waals surface area contributed by atoms with Crippen molar-refractivity contribution in [2.24, 2.45) is 0 Å². The first-order valence-corrected chi connectivity index (χ1v) is 3.17. The summed E-state index contributed by atoms with van der Waals surface area (Å²) in [6.07, 6.45) is 0. The zero-order chi connectivity index (χ0) is 7.14. The summed E-state index contributed by atoms with van der Waals surface area (Å²) < 4.78 is 4.92. The molecule has 0 saturated heterocycles. The number of halogens is 1. The van der Waals surface area contributed by atoms with Crippen LogP contribution in [0.3, 0.4) is 0 Å². The highest BCUT2D eigenvalue weighted by Crippen LogP contribution is 2.48. The van der Waals surface area contributed by atoms with Crippen LogP contribution < -0.4 is 4.74 Å². The van der Waals surface area contributed by atoms with Gasteiger partial charge in [0.1, 0.15) is 0 Å². The average Bonchev–Trinajstić information content (AvgIpc) is 2.63. The van der Waals surface area contributed by atoms with Gasteiger partial charge in [-0.2, -0.15) is 0 Å². The molecule has 1 aliphatic rings. The molecule has 0 spiro atoms. The van der Waals surface area contributed by atoms with Crippen molar-refractivity contribution in [2.45, 2.75) is 0 Å². The van der Waals surface area contributed by atoms with E-state index in [1.54, 1.807) is 18.2 Å². The second-order valence-corrected chi connectivity index (χ2v) is 2.35. The number of rotatable bonds is 1. The summed E-state index contributed by atoms with van der Waals surface area (Å²) in [5.74, 6) is 1.38. The number of hydrogen-bond donors (Lipinski definition) is 0. The molecule has 0 aliphatic carbocycles. The molecule has 3 heteroatoms. The molecule has 0 aromatic heterocycles. The molecule has 1 aromatic rings. The van der Waals surface area contributed by atoms with E-state index in [1.807, 2.05) is 0 Å². The first kappa shape index (κ1) is 5.74. The fourth-order valence-corrected chi connectivity index (χ4v) is 0.993. The van der Waals surface area contributed by atoms with Crippen LogP contribution in [0.5, 0.6) is 11.5 Å². The molecule has 0 saturated carbocycles. The van der Waals surface area contributed by atoms with Crippen LogP contribution >= 0.6 is 11.6 Å². The molecule has 0 amide bonds. The Kier molecular flexibility index (Phi) is 0.995. The number of ether oxygens (including phenoxy) is 1. The van der Waals surface area contributed by atoms with E-state index in [-0.39, 0.29) is 0 Å². The van der Waals surface area contributed by atoms with Crippen molar-refractivity contribution in [1.82, 2.24) is 0 Å². The number of fused-ring (bicyclic) bond motifs is 1. The number of hydrogen-bond acceptors (Lipinski definition) is 2. The van der Waals surface area contributed by atoms with E-state index in [2.05, 4.69) is 0 Å². The van der Waals surface area contributed by atoms with Crippen molar-refractivity contribution >= 4 is 16.8 Å². The van der Waals surface area contributed by atoms with E-state index in [0.29, 0.717) is 11.3 Å². The molecule has 1 aromatic carbocycles. The maximum absolute atomic E-state index is 10.6. The van der Waals surface area contributed by atoms with Gasteiger partial charge in [-0.25, -0.2) is 0 Å². The molecule has 0 N–H and O–H groups in total. The molecular formula is C7H3ClO2. The Balaban J connectivity index is 2.56. The van der Waals surface area contributed by atoms with Gasteiger partial charge >= 0.3 is 0 Å². The third-order valence-electron chi connectivity index (χ3n) is 1.36. The molecule has 2 nitrogen and oxygen atoms in total. The zero-order valence-electron chi connectivity index (χ0n) is 4.93. The first-order valence-electron chi connectivity index (χ1n) is 2.80. The molecule has 1 heterocycles. The smallest absolute Gasteiger partial charge is 0.256 e. The van der Waals surface area contributed by atoms with Gasteiger partial charge in [0.15, 0.2) is 11.5 Å². The quantitative estimate of drug-likeness (QED) is 0.466.